The predicted octanol–water partition coefficient (Wildman–Crippen LogP) is 6.27. The van der Waals surface area contributed by atoms with Crippen LogP contribution in [0.3, 0.4) is 0 Å². The molecule has 1 amide bonds. The van der Waals surface area contributed by atoms with E-state index in [0.29, 0.717) is 34.1 Å². The van der Waals surface area contributed by atoms with Gasteiger partial charge in [-0.15, -0.1) is 11.3 Å². The van der Waals surface area contributed by atoms with Gasteiger partial charge in [0, 0.05) is 22.1 Å². The minimum absolute atomic E-state index is 0.227. The zero-order chi connectivity index (χ0) is 20.9. The molecule has 4 aromatic rings. The van der Waals surface area contributed by atoms with Crippen LogP contribution >= 0.6 is 11.3 Å². The second kappa shape index (κ2) is 8.88. The topological polar surface area (TPSA) is 51.2 Å². The number of para-hydroxylation sites is 1. The van der Waals surface area contributed by atoms with E-state index >= 15 is 0 Å². The van der Waals surface area contributed by atoms with Crippen molar-refractivity contribution in [1.29, 1.82) is 0 Å². The predicted molar refractivity (Wildman–Crippen MR) is 119 cm³/mol. The smallest absolute Gasteiger partial charge is 0.255 e. The van der Waals surface area contributed by atoms with Crippen molar-refractivity contribution in [1.82, 2.24) is 4.98 Å². The van der Waals surface area contributed by atoms with Gasteiger partial charge in [0.05, 0.1) is 18.0 Å². The van der Waals surface area contributed by atoms with E-state index in [0.717, 1.165) is 11.3 Å². The Morgan fingerprint density at radius 1 is 1.00 bits per heavy atom. The molecule has 0 radical (unpaired) electrons. The Hall–Kier alpha value is -3.51. The number of carbonyl (C=O) groups excluding carboxylic acids is 1. The highest BCUT2D eigenvalue weighted by Gasteiger charge is 2.14. The fraction of sp³-hybridized carbons (Fsp3) is 0.0833. The maximum Gasteiger partial charge on any atom is 0.255 e. The number of amides is 1. The number of anilines is 1. The van der Waals surface area contributed by atoms with Crippen LogP contribution in [-0.4, -0.2) is 17.5 Å². The lowest BCUT2D eigenvalue weighted by Crippen LogP contribution is -2.12. The molecule has 30 heavy (non-hydrogen) atoms. The summed E-state index contributed by atoms with van der Waals surface area (Å²) in [5.41, 5.74) is 3.08. The molecule has 0 atom stereocenters. The van der Waals surface area contributed by atoms with Gasteiger partial charge in [0.15, 0.2) is 0 Å². The fourth-order valence-electron chi connectivity index (χ4n) is 3.03. The number of hydrogen-bond acceptors (Lipinski definition) is 4. The lowest BCUT2D eigenvalue weighted by molar-refractivity contribution is 0.102. The molecular formula is C24H19FN2O2S. The van der Waals surface area contributed by atoms with Crippen molar-refractivity contribution in [2.45, 2.75) is 6.92 Å². The molecule has 0 aliphatic rings. The van der Waals surface area contributed by atoms with Gasteiger partial charge in [-0.05, 0) is 49.4 Å². The van der Waals surface area contributed by atoms with Gasteiger partial charge in [-0.2, -0.15) is 0 Å². The third-order valence-electron chi connectivity index (χ3n) is 4.49. The zero-order valence-electron chi connectivity index (χ0n) is 16.3. The number of rotatable bonds is 6. The molecule has 1 heterocycles. The molecule has 0 unspecified atom stereocenters. The zero-order valence-corrected chi connectivity index (χ0v) is 17.1. The van der Waals surface area contributed by atoms with Crippen LogP contribution in [0.5, 0.6) is 5.75 Å². The molecule has 0 fully saturated rings. The normalized spacial score (nSPS) is 10.6. The van der Waals surface area contributed by atoms with Gasteiger partial charge in [0.25, 0.3) is 5.91 Å². The van der Waals surface area contributed by atoms with Crippen LogP contribution in [0.1, 0.15) is 17.3 Å². The van der Waals surface area contributed by atoms with Gasteiger partial charge >= 0.3 is 0 Å². The second-order valence-electron chi connectivity index (χ2n) is 6.47. The highest BCUT2D eigenvalue weighted by Crippen LogP contribution is 2.33. The largest absolute Gasteiger partial charge is 0.494 e. The molecule has 4 nitrogen and oxygen atoms in total. The van der Waals surface area contributed by atoms with Crippen molar-refractivity contribution in [2.24, 2.45) is 0 Å². The van der Waals surface area contributed by atoms with Crippen molar-refractivity contribution >= 4 is 22.9 Å². The Morgan fingerprint density at radius 3 is 2.43 bits per heavy atom. The van der Waals surface area contributed by atoms with Gasteiger partial charge in [-0.1, -0.05) is 30.3 Å². The maximum absolute atomic E-state index is 14.1. The van der Waals surface area contributed by atoms with Gasteiger partial charge in [0.2, 0.25) is 0 Å². The van der Waals surface area contributed by atoms with Crippen LogP contribution < -0.4 is 10.1 Å². The molecular weight excluding hydrogens is 399 g/mol. The summed E-state index contributed by atoms with van der Waals surface area (Å²) in [5, 5.41) is 5.41. The van der Waals surface area contributed by atoms with Crippen LogP contribution in [0.15, 0.2) is 78.2 Å². The first-order valence-electron chi connectivity index (χ1n) is 9.49. The number of halogens is 1. The summed E-state index contributed by atoms with van der Waals surface area (Å²) < 4.78 is 19.5. The molecule has 0 spiro atoms. The number of thiazole rings is 1. The van der Waals surface area contributed by atoms with Gasteiger partial charge < -0.3 is 10.1 Å². The van der Waals surface area contributed by atoms with Crippen LogP contribution in [0, 0.1) is 5.82 Å². The maximum atomic E-state index is 14.1. The standard InChI is InChI=1S/C24H19FN2O2S/c1-2-29-17-13-11-16(12-14-17)23(28)26-21-10-6-4-8-19(21)22-15-30-24(27-22)18-7-3-5-9-20(18)25/h3-15H,2H2,1H3,(H,26,28). The average molecular weight is 418 g/mol. The van der Waals surface area contributed by atoms with Crippen LogP contribution in [0.25, 0.3) is 21.8 Å². The molecule has 0 saturated heterocycles. The van der Waals surface area contributed by atoms with Crippen LogP contribution in [-0.2, 0) is 0 Å². The van der Waals surface area contributed by atoms with E-state index in [1.165, 1.54) is 17.4 Å². The summed E-state index contributed by atoms with van der Waals surface area (Å²) in [6.45, 7) is 2.48. The molecule has 6 heteroatoms. The first-order chi connectivity index (χ1) is 14.7. The summed E-state index contributed by atoms with van der Waals surface area (Å²) in [6.07, 6.45) is 0. The number of benzene rings is 3. The third-order valence-corrected chi connectivity index (χ3v) is 5.36. The van der Waals surface area contributed by atoms with E-state index in [2.05, 4.69) is 10.3 Å². The number of nitrogens with zero attached hydrogens (tertiary/aromatic N) is 1. The molecule has 1 aromatic heterocycles. The number of ether oxygens (including phenoxy) is 1. The van der Waals surface area contributed by atoms with Crippen LogP contribution in [0.4, 0.5) is 10.1 Å². The summed E-state index contributed by atoms with van der Waals surface area (Å²) >= 11 is 1.36. The van der Waals surface area contributed by atoms with Crippen molar-refractivity contribution in [3.05, 3.63) is 89.6 Å². The summed E-state index contributed by atoms with van der Waals surface area (Å²) in [6, 6.07) is 21.0. The SMILES string of the molecule is CCOc1ccc(C(=O)Nc2ccccc2-c2csc(-c3ccccc3F)n2)cc1. The van der Waals surface area contributed by atoms with E-state index in [4.69, 9.17) is 4.74 Å². The number of carbonyl (C=O) groups is 1. The van der Waals surface area contributed by atoms with Gasteiger partial charge in [0.1, 0.15) is 16.6 Å². The molecule has 0 saturated carbocycles. The molecule has 3 aromatic carbocycles. The van der Waals surface area contributed by atoms with E-state index in [1.54, 1.807) is 42.5 Å². The second-order valence-corrected chi connectivity index (χ2v) is 7.33. The summed E-state index contributed by atoms with van der Waals surface area (Å²) in [5.74, 6) is 0.183. The van der Waals surface area contributed by atoms with Crippen molar-refractivity contribution in [2.75, 3.05) is 11.9 Å². The minimum Gasteiger partial charge on any atom is -0.494 e. The average Bonchev–Trinajstić information content (AvgIpc) is 3.25. The molecule has 1 N–H and O–H groups in total. The highest BCUT2D eigenvalue weighted by atomic mass is 32.1. The van der Waals surface area contributed by atoms with E-state index in [1.807, 2.05) is 36.6 Å². The highest BCUT2D eigenvalue weighted by molar-refractivity contribution is 7.13. The molecule has 0 bridgehead atoms. The summed E-state index contributed by atoms with van der Waals surface area (Å²) in [4.78, 5) is 17.3. The number of nitrogens with one attached hydrogen (secondary N) is 1. The monoisotopic (exact) mass is 418 g/mol. The number of aromatic nitrogens is 1. The Bertz CT molecular complexity index is 1170. The van der Waals surface area contributed by atoms with E-state index < -0.39 is 0 Å². The van der Waals surface area contributed by atoms with E-state index in [9.17, 15) is 9.18 Å². The number of hydrogen-bond donors (Lipinski definition) is 1. The quantitative estimate of drug-likeness (QED) is 0.402. The molecule has 0 aliphatic heterocycles. The lowest BCUT2D eigenvalue weighted by Gasteiger charge is -2.10. The first-order valence-corrected chi connectivity index (χ1v) is 10.4. The van der Waals surface area contributed by atoms with Crippen molar-refractivity contribution in [3.63, 3.8) is 0 Å². The van der Waals surface area contributed by atoms with Crippen molar-refractivity contribution in [3.8, 4) is 27.6 Å². The molecule has 0 aliphatic carbocycles. The Labute approximate surface area is 178 Å². The first kappa shape index (κ1) is 19.8. The third kappa shape index (κ3) is 4.23. The minimum atomic E-state index is -0.310. The summed E-state index contributed by atoms with van der Waals surface area (Å²) in [7, 11) is 0. The van der Waals surface area contributed by atoms with Gasteiger partial charge in [-0.25, -0.2) is 9.37 Å². The molecule has 150 valence electrons. The van der Waals surface area contributed by atoms with Gasteiger partial charge in [-0.3, -0.25) is 4.79 Å². The molecule has 4 rings (SSSR count). The fourth-order valence-corrected chi connectivity index (χ4v) is 3.88. The van der Waals surface area contributed by atoms with E-state index in [-0.39, 0.29) is 11.7 Å². The Morgan fingerprint density at radius 2 is 1.70 bits per heavy atom. The Kier molecular flexibility index (Phi) is 5.86. The van der Waals surface area contributed by atoms with Crippen LogP contribution in [0.2, 0.25) is 0 Å². The lowest BCUT2D eigenvalue weighted by atomic mass is 10.1. The van der Waals surface area contributed by atoms with Crippen molar-refractivity contribution < 1.29 is 13.9 Å². The Balaban J connectivity index is 1.59.